The number of benzene rings is 1. The topological polar surface area (TPSA) is 55.3 Å². The van der Waals surface area contributed by atoms with Gasteiger partial charge >= 0.3 is 6.03 Å². The molecule has 0 radical (unpaired) electrons. The van der Waals surface area contributed by atoms with Crippen molar-refractivity contribution in [2.75, 3.05) is 5.32 Å². The van der Waals surface area contributed by atoms with Crippen LogP contribution in [0.1, 0.15) is 25.0 Å². The number of hydrogen-bond acceptors (Lipinski definition) is 2. The van der Waals surface area contributed by atoms with E-state index in [1.807, 2.05) is 68.2 Å². The number of hydrogen-bond donors (Lipinski definition) is 2. The molecule has 5 nitrogen and oxygen atoms in total. The van der Waals surface area contributed by atoms with Gasteiger partial charge in [-0.3, -0.25) is 0 Å². The maximum atomic E-state index is 11.9. The standard InChI is InChI=1S/C17H23N3O2/c1-13(2)22-12-14-5-4-6-16(9-14)19-17(21)18-10-15-7-8-20(3)11-15/h4-9,11,13H,10,12H2,1-3H3,(H2,18,19,21). The molecular formula is C17H23N3O2. The predicted molar refractivity (Wildman–Crippen MR) is 87.6 cm³/mol. The quantitative estimate of drug-likeness (QED) is 0.860. The molecule has 0 aliphatic rings. The maximum absolute atomic E-state index is 11.9. The monoisotopic (exact) mass is 301 g/mol. The minimum Gasteiger partial charge on any atom is -0.374 e. The van der Waals surface area contributed by atoms with E-state index in [0.717, 1.165) is 16.8 Å². The van der Waals surface area contributed by atoms with Crippen molar-refractivity contribution in [2.45, 2.75) is 33.1 Å². The van der Waals surface area contributed by atoms with Gasteiger partial charge in [0.15, 0.2) is 0 Å². The molecule has 2 aromatic rings. The lowest BCUT2D eigenvalue weighted by atomic mass is 10.2. The van der Waals surface area contributed by atoms with Gasteiger partial charge in [0, 0.05) is 31.7 Å². The predicted octanol–water partition coefficient (Wildman–Crippen LogP) is 3.27. The zero-order valence-corrected chi connectivity index (χ0v) is 13.3. The summed E-state index contributed by atoms with van der Waals surface area (Å²) in [4.78, 5) is 11.9. The molecule has 1 aromatic heterocycles. The van der Waals surface area contributed by atoms with Gasteiger partial charge in [0.25, 0.3) is 0 Å². The lowest BCUT2D eigenvalue weighted by Crippen LogP contribution is -2.28. The molecule has 0 unspecified atom stereocenters. The second-order valence-electron chi connectivity index (χ2n) is 5.55. The molecule has 1 heterocycles. The van der Waals surface area contributed by atoms with Crippen LogP contribution in [0.15, 0.2) is 42.7 Å². The van der Waals surface area contributed by atoms with Gasteiger partial charge in [-0.05, 0) is 43.2 Å². The van der Waals surface area contributed by atoms with E-state index in [9.17, 15) is 4.79 Å². The van der Waals surface area contributed by atoms with Crippen LogP contribution in [-0.2, 0) is 24.9 Å². The summed E-state index contributed by atoms with van der Waals surface area (Å²) in [6, 6.07) is 9.43. The second-order valence-corrected chi connectivity index (χ2v) is 5.55. The van der Waals surface area contributed by atoms with Crippen molar-refractivity contribution in [2.24, 2.45) is 7.05 Å². The van der Waals surface area contributed by atoms with Crippen LogP contribution < -0.4 is 10.6 Å². The van der Waals surface area contributed by atoms with E-state index in [1.165, 1.54) is 0 Å². The van der Waals surface area contributed by atoms with Crippen LogP contribution in [0.5, 0.6) is 0 Å². The lowest BCUT2D eigenvalue weighted by Gasteiger charge is -2.10. The normalized spacial score (nSPS) is 10.7. The van der Waals surface area contributed by atoms with Gasteiger partial charge in [-0.15, -0.1) is 0 Å². The second kappa shape index (κ2) is 7.66. The average Bonchev–Trinajstić information content (AvgIpc) is 2.89. The Balaban J connectivity index is 1.84. The van der Waals surface area contributed by atoms with E-state index in [0.29, 0.717) is 13.2 Å². The van der Waals surface area contributed by atoms with Gasteiger partial charge in [-0.2, -0.15) is 0 Å². The number of carbonyl (C=O) groups is 1. The summed E-state index contributed by atoms with van der Waals surface area (Å²) < 4.78 is 7.52. The van der Waals surface area contributed by atoms with Gasteiger partial charge in [0.05, 0.1) is 12.7 Å². The van der Waals surface area contributed by atoms with Crippen LogP contribution >= 0.6 is 0 Å². The first-order valence-corrected chi connectivity index (χ1v) is 7.39. The van der Waals surface area contributed by atoms with E-state index in [2.05, 4.69) is 10.6 Å². The Morgan fingerprint density at radius 2 is 2.09 bits per heavy atom. The van der Waals surface area contributed by atoms with Crippen molar-refractivity contribution in [3.05, 3.63) is 53.9 Å². The van der Waals surface area contributed by atoms with Gasteiger partial charge in [-0.1, -0.05) is 12.1 Å². The third-order valence-electron chi connectivity index (χ3n) is 3.11. The number of anilines is 1. The Morgan fingerprint density at radius 1 is 1.27 bits per heavy atom. The number of nitrogens with zero attached hydrogens (tertiary/aromatic N) is 1. The Labute approximate surface area is 131 Å². The van der Waals surface area contributed by atoms with Crippen molar-refractivity contribution in [3.63, 3.8) is 0 Å². The molecule has 0 saturated carbocycles. The Morgan fingerprint density at radius 3 is 2.77 bits per heavy atom. The van der Waals surface area contributed by atoms with Crippen LogP contribution in [0.3, 0.4) is 0 Å². The van der Waals surface area contributed by atoms with E-state index in [-0.39, 0.29) is 12.1 Å². The highest BCUT2D eigenvalue weighted by Crippen LogP contribution is 2.12. The summed E-state index contributed by atoms with van der Waals surface area (Å²) >= 11 is 0. The highest BCUT2D eigenvalue weighted by atomic mass is 16.5. The first kappa shape index (κ1) is 16.1. The largest absolute Gasteiger partial charge is 0.374 e. The fourth-order valence-corrected chi connectivity index (χ4v) is 2.02. The van der Waals surface area contributed by atoms with E-state index >= 15 is 0 Å². The number of ether oxygens (including phenoxy) is 1. The molecule has 0 spiro atoms. The van der Waals surface area contributed by atoms with Gasteiger partial charge in [0.1, 0.15) is 0 Å². The SMILES string of the molecule is CC(C)OCc1cccc(NC(=O)NCc2ccn(C)c2)c1. The summed E-state index contributed by atoms with van der Waals surface area (Å²) in [6.45, 7) is 5.04. The summed E-state index contributed by atoms with van der Waals surface area (Å²) in [5.41, 5.74) is 2.86. The number of urea groups is 1. The third-order valence-corrected chi connectivity index (χ3v) is 3.11. The zero-order chi connectivity index (χ0) is 15.9. The smallest absolute Gasteiger partial charge is 0.319 e. The molecule has 0 fully saturated rings. The van der Waals surface area contributed by atoms with Crippen molar-refractivity contribution >= 4 is 11.7 Å². The van der Waals surface area contributed by atoms with Crippen molar-refractivity contribution < 1.29 is 9.53 Å². The maximum Gasteiger partial charge on any atom is 0.319 e. The van der Waals surface area contributed by atoms with Crippen LogP contribution in [0.2, 0.25) is 0 Å². The molecule has 0 aliphatic heterocycles. The molecule has 118 valence electrons. The molecule has 2 rings (SSSR count). The molecule has 22 heavy (non-hydrogen) atoms. The van der Waals surface area contributed by atoms with Gasteiger partial charge in [-0.25, -0.2) is 4.79 Å². The summed E-state index contributed by atoms with van der Waals surface area (Å²) in [6.07, 6.45) is 4.11. The summed E-state index contributed by atoms with van der Waals surface area (Å²) in [5.74, 6) is 0. The molecule has 2 amide bonds. The minimum atomic E-state index is -0.217. The summed E-state index contributed by atoms with van der Waals surface area (Å²) in [5, 5.41) is 5.67. The minimum absolute atomic E-state index is 0.186. The number of nitrogens with one attached hydrogen (secondary N) is 2. The van der Waals surface area contributed by atoms with Crippen molar-refractivity contribution in [3.8, 4) is 0 Å². The highest BCUT2D eigenvalue weighted by molar-refractivity contribution is 5.89. The number of aromatic nitrogens is 1. The fraction of sp³-hybridized carbons (Fsp3) is 0.353. The van der Waals surface area contributed by atoms with Gasteiger partial charge < -0.3 is 19.9 Å². The van der Waals surface area contributed by atoms with E-state index in [4.69, 9.17) is 4.74 Å². The van der Waals surface area contributed by atoms with Crippen LogP contribution in [-0.4, -0.2) is 16.7 Å². The number of rotatable bonds is 6. The number of amides is 2. The average molecular weight is 301 g/mol. The molecule has 0 bridgehead atoms. The van der Waals surface area contributed by atoms with Crippen LogP contribution in [0.4, 0.5) is 10.5 Å². The first-order valence-electron chi connectivity index (χ1n) is 7.39. The molecule has 2 N–H and O–H groups in total. The molecule has 5 heteroatoms. The Bertz CT molecular complexity index is 620. The van der Waals surface area contributed by atoms with Crippen LogP contribution in [0, 0.1) is 0 Å². The number of carbonyl (C=O) groups excluding carboxylic acids is 1. The lowest BCUT2D eigenvalue weighted by molar-refractivity contribution is 0.0657. The molecule has 0 saturated heterocycles. The molecular weight excluding hydrogens is 278 g/mol. The van der Waals surface area contributed by atoms with Crippen molar-refractivity contribution in [1.82, 2.24) is 9.88 Å². The fourth-order valence-electron chi connectivity index (χ4n) is 2.02. The molecule has 0 aliphatic carbocycles. The first-order chi connectivity index (χ1) is 10.5. The Kier molecular flexibility index (Phi) is 5.61. The number of aryl methyl sites for hydroxylation is 1. The highest BCUT2D eigenvalue weighted by Gasteiger charge is 2.04. The van der Waals surface area contributed by atoms with E-state index in [1.54, 1.807) is 0 Å². The van der Waals surface area contributed by atoms with Crippen molar-refractivity contribution in [1.29, 1.82) is 0 Å². The zero-order valence-electron chi connectivity index (χ0n) is 13.3. The molecule has 1 aromatic carbocycles. The van der Waals surface area contributed by atoms with Gasteiger partial charge in [0.2, 0.25) is 0 Å². The van der Waals surface area contributed by atoms with E-state index < -0.39 is 0 Å². The molecule has 0 atom stereocenters. The van der Waals surface area contributed by atoms with Crippen LogP contribution in [0.25, 0.3) is 0 Å². The summed E-state index contributed by atoms with van der Waals surface area (Å²) in [7, 11) is 1.95. The Hall–Kier alpha value is -2.27. The third kappa shape index (κ3) is 5.26.